The fraction of sp³-hybridized carbons (Fsp3) is 0.947. The molecule has 0 spiro atoms. The summed E-state index contributed by atoms with van der Waals surface area (Å²) in [7, 11) is -1.85. The Hall–Kier alpha value is -0.593. The smallest absolute Gasteiger partial charge is 0.410 e. The van der Waals surface area contributed by atoms with E-state index in [1.807, 2.05) is 25.7 Å². The predicted octanol–water partition coefficient (Wildman–Crippen LogP) is 4.41. The number of carbonyl (C=O) groups excluding carboxylic acids is 1. The number of nitrogens with zero attached hydrogens (tertiary/aromatic N) is 1. The normalized spacial score (nSPS) is 20.7. The van der Waals surface area contributed by atoms with E-state index in [2.05, 4.69) is 33.9 Å². The van der Waals surface area contributed by atoms with E-state index >= 15 is 0 Å². The molecule has 0 radical (unpaired) electrons. The lowest BCUT2D eigenvalue weighted by Crippen LogP contribution is -2.47. The van der Waals surface area contributed by atoms with Gasteiger partial charge in [-0.3, -0.25) is 0 Å². The van der Waals surface area contributed by atoms with Crippen LogP contribution in [-0.2, 0) is 9.16 Å². The summed E-state index contributed by atoms with van der Waals surface area (Å²) in [4.78, 5) is 14.4. The van der Waals surface area contributed by atoms with E-state index < -0.39 is 13.9 Å². The number of rotatable bonds is 6. The highest BCUT2D eigenvalue weighted by Gasteiger charge is 2.41. The van der Waals surface area contributed by atoms with Gasteiger partial charge in [0.15, 0.2) is 8.32 Å². The van der Waals surface area contributed by atoms with Crippen LogP contribution in [0.2, 0.25) is 18.1 Å². The van der Waals surface area contributed by atoms with Gasteiger partial charge in [-0.2, -0.15) is 0 Å². The van der Waals surface area contributed by atoms with E-state index in [-0.39, 0.29) is 29.7 Å². The molecule has 0 aromatic carbocycles. The van der Waals surface area contributed by atoms with Crippen molar-refractivity contribution < 1.29 is 19.1 Å². The standard InChI is InChI=1S/C19H39NO4Si/c1-18(2,3)24-17(22)20-12-9-10-16(20)15(11-13-21)14-23-25(7,8)19(4,5)6/h15-16,21H,9-14H2,1-8H3/t15-,16+/m1/s1. The highest BCUT2D eigenvalue weighted by Crippen LogP contribution is 2.38. The lowest BCUT2D eigenvalue weighted by atomic mass is 9.95. The third-order valence-electron chi connectivity index (χ3n) is 5.44. The first-order valence-electron chi connectivity index (χ1n) is 9.53. The molecule has 1 heterocycles. The molecule has 148 valence electrons. The number of aliphatic hydroxyl groups excluding tert-OH is 1. The Kier molecular flexibility index (Phi) is 7.54. The molecule has 1 N–H and O–H groups in total. The van der Waals surface area contributed by atoms with Crippen molar-refractivity contribution in [1.82, 2.24) is 4.90 Å². The average Bonchev–Trinajstić information content (AvgIpc) is 2.89. The lowest BCUT2D eigenvalue weighted by Gasteiger charge is -2.39. The number of aliphatic hydroxyl groups is 1. The van der Waals surface area contributed by atoms with Gasteiger partial charge in [0.25, 0.3) is 0 Å². The Labute approximate surface area is 155 Å². The largest absolute Gasteiger partial charge is 0.444 e. The second-order valence-corrected chi connectivity index (χ2v) is 14.5. The zero-order valence-corrected chi connectivity index (χ0v) is 18.5. The molecule has 1 saturated heterocycles. The quantitative estimate of drug-likeness (QED) is 0.701. The molecule has 2 atom stereocenters. The Morgan fingerprint density at radius 1 is 1.24 bits per heavy atom. The summed E-state index contributed by atoms with van der Waals surface area (Å²) >= 11 is 0. The topological polar surface area (TPSA) is 59.0 Å². The van der Waals surface area contributed by atoms with Crippen molar-refractivity contribution in [3.8, 4) is 0 Å². The second-order valence-electron chi connectivity index (χ2n) is 9.73. The average molecular weight is 374 g/mol. The molecule has 0 aliphatic carbocycles. The van der Waals surface area contributed by atoms with E-state index in [0.717, 1.165) is 19.4 Å². The van der Waals surface area contributed by atoms with Gasteiger partial charge >= 0.3 is 6.09 Å². The third kappa shape index (κ3) is 6.57. The summed E-state index contributed by atoms with van der Waals surface area (Å²) in [5.74, 6) is 0.147. The first kappa shape index (κ1) is 22.4. The van der Waals surface area contributed by atoms with Crippen molar-refractivity contribution in [3.05, 3.63) is 0 Å². The second kappa shape index (κ2) is 8.40. The maximum absolute atomic E-state index is 12.5. The van der Waals surface area contributed by atoms with Gasteiger partial charge < -0.3 is 19.2 Å². The predicted molar refractivity (Wildman–Crippen MR) is 104 cm³/mol. The first-order valence-corrected chi connectivity index (χ1v) is 12.4. The third-order valence-corrected chi connectivity index (χ3v) is 9.94. The highest BCUT2D eigenvalue weighted by atomic mass is 28.4. The molecule has 25 heavy (non-hydrogen) atoms. The summed E-state index contributed by atoms with van der Waals surface area (Å²) in [5, 5.41) is 9.67. The zero-order chi connectivity index (χ0) is 19.5. The van der Waals surface area contributed by atoms with Gasteiger partial charge in [-0.05, 0) is 58.2 Å². The number of carbonyl (C=O) groups is 1. The van der Waals surface area contributed by atoms with Crippen LogP contribution in [0, 0.1) is 5.92 Å². The molecule has 1 rings (SSSR count). The fourth-order valence-corrected chi connectivity index (χ4v) is 3.98. The van der Waals surface area contributed by atoms with Gasteiger partial charge in [-0.15, -0.1) is 0 Å². The molecule has 5 nitrogen and oxygen atoms in total. The monoisotopic (exact) mass is 373 g/mol. The van der Waals surface area contributed by atoms with Crippen molar-refractivity contribution in [2.24, 2.45) is 5.92 Å². The van der Waals surface area contributed by atoms with Crippen molar-refractivity contribution in [1.29, 1.82) is 0 Å². The Morgan fingerprint density at radius 2 is 1.84 bits per heavy atom. The molecule has 1 aliphatic heterocycles. The Morgan fingerprint density at radius 3 is 2.32 bits per heavy atom. The van der Waals surface area contributed by atoms with Crippen LogP contribution < -0.4 is 0 Å². The van der Waals surface area contributed by atoms with E-state index in [0.29, 0.717) is 13.0 Å². The molecule has 1 aliphatic rings. The number of hydrogen-bond acceptors (Lipinski definition) is 4. The molecule has 0 aromatic heterocycles. The molecular weight excluding hydrogens is 334 g/mol. The summed E-state index contributed by atoms with van der Waals surface area (Å²) in [6.45, 7) is 18.3. The molecule has 1 fully saturated rings. The SMILES string of the molecule is CC(C)(C)OC(=O)N1CCC[C@H]1[C@H](CCO)CO[Si](C)(C)C(C)(C)C. The minimum absolute atomic E-state index is 0.0896. The van der Waals surface area contributed by atoms with Crippen LogP contribution in [0.1, 0.15) is 60.8 Å². The van der Waals surface area contributed by atoms with Crippen molar-refractivity contribution in [2.75, 3.05) is 19.8 Å². The van der Waals surface area contributed by atoms with Crippen molar-refractivity contribution in [2.45, 2.75) is 90.6 Å². The Balaban J connectivity index is 2.81. The summed E-state index contributed by atoms with van der Waals surface area (Å²) < 4.78 is 12.0. The fourth-order valence-electron chi connectivity index (χ4n) is 2.91. The van der Waals surface area contributed by atoms with Gasteiger partial charge in [-0.1, -0.05) is 20.8 Å². The van der Waals surface area contributed by atoms with Crippen LogP contribution in [0.15, 0.2) is 0 Å². The minimum atomic E-state index is -1.85. The van der Waals surface area contributed by atoms with Gasteiger partial charge in [0.05, 0.1) is 0 Å². The lowest BCUT2D eigenvalue weighted by molar-refractivity contribution is 0.0128. The molecule has 6 heteroatoms. The number of amides is 1. The first-order chi connectivity index (χ1) is 11.3. The van der Waals surface area contributed by atoms with Gasteiger partial charge in [0.1, 0.15) is 5.60 Å². The highest BCUT2D eigenvalue weighted by molar-refractivity contribution is 6.74. The number of ether oxygens (including phenoxy) is 1. The van der Waals surface area contributed by atoms with E-state index in [9.17, 15) is 9.90 Å². The van der Waals surface area contributed by atoms with Gasteiger partial charge in [0.2, 0.25) is 0 Å². The van der Waals surface area contributed by atoms with Crippen LogP contribution in [0.25, 0.3) is 0 Å². The molecule has 0 bridgehead atoms. The van der Waals surface area contributed by atoms with Crippen LogP contribution in [0.5, 0.6) is 0 Å². The van der Waals surface area contributed by atoms with E-state index in [4.69, 9.17) is 9.16 Å². The maximum atomic E-state index is 12.5. The summed E-state index contributed by atoms with van der Waals surface area (Å²) in [6, 6.07) is 0.0896. The Bertz CT molecular complexity index is 440. The van der Waals surface area contributed by atoms with Crippen LogP contribution >= 0.6 is 0 Å². The van der Waals surface area contributed by atoms with Gasteiger partial charge in [-0.25, -0.2) is 4.79 Å². The minimum Gasteiger partial charge on any atom is -0.444 e. The zero-order valence-electron chi connectivity index (χ0n) is 17.5. The number of hydrogen-bond donors (Lipinski definition) is 1. The van der Waals surface area contributed by atoms with E-state index in [1.54, 1.807) is 0 Å². The maximum Gasteiger partial charge on any atom is 0.410 e. The summed E-state index contributed by atoms with van der Waals surface area (Å²) in [5.41, 5.74) is -0.492. The van der Waals surface area contributed by atoms with Crippen LogP contribution in [0.4, 0.5) is 4.79 Å². The van der Waals surface area contributed by atoms with Crippen LogP contribution in [0.3, 0.4) is 0 Å². The molecule has 1 amide bonds. The van der Waals surface area contributed by atoms with Crippen molar-refractivity contribution in [3.63, 3.8) is 0 Å². The van der Waals surface area contributed by atoms with Crippen LogP contribution in [-0.4, -0.2) is 55.8 Å². The molecule has 0 aromatic rings. The molecule has 0 saturated carbocycles. The summed E-state index contributed by atoms with van der Waals surface area (Å²) in [6.07, 6.45) is 2.33. The number of likely N-dealkylation sites (tertiary alicyclic amines) is 1. The van der Waals surface area contributed by atoms with E-state index in [1.165, 1.54) is 0 Å². The molecular formula is C19H39NO4Si. The van der Waals surface area contributed by atoms with Crippen molar-refractivity contribution >= 4 is 14.4 Å². The van der Waals surface area contributed by atoms with Gasteiger partial charge in [0, 0.05) is 31.7 Å². The molecule has 0 unspecified atom stereocenters.